The van der Waals surface area contributed by atoms with Crippen molar-refractivity contribution in [3.63, 3.8) is 0 Å². The van der Waals surface area contributed by atoms with Gasteiger partial charge in [0.25, 0.3) is 0 Å². The highest BCUT2D eigenvalue weighted by molar-refractivity contribution is 6.09. The van der Waals surface area contributed by atoms with Crippen LogP contribution in [-0.4, -0.2) is 0 Å². The van der Waals surface area contributed by atoms with Crippen LogP contribution in [0.15, 0.2) is 205 Å². The molecule has 0 radical (unpaired) electrons. The largest absolute Gasteiger partial charge is 0.456 e. The Morgan fingerprint density at radius 1 is 0.327 bits per heavy atom. The summed E-state index contributed by atoms with van der Waals surface area (Å²) in [7, 11) is 0. The number of nitrogens with zero attached hydrogens (tertiary/aromatic N) is 1. The van der Waals surface area contributed by atoms with E-state index in [0.29, 0.717) is 0 Å². The molecule has 244 valence electrons. The molecule has 0 aliphatic rings. The molecule has 0 spiro atoms. The molecule has 0 atom stereocenters. The summed E-state index contributed by atoms with van der Waals surface area (Å²) in [5.74, 6) is 0.844. The van der Waals surface area contributed by atoms with Gasteiger partial charge in [-0.15, -0.1) is 0 Å². The molecule has 0 aliphatic carbocycles. The first-order valence-electron chi connectivity index (χ1n) is 17.8. The normalized spacial score (nSPS) is 11.5. The van der Waals surface area contributed by atoms with Crippen molar-refractivity contribution in [2.45, 2.75) is 0 Å². The molecule has 0 unspecified atom stereocenters. The van der Waals surface area contributed by atoms with Crippen molar-refractivity contribution in [3.8, 4) is 33.6 Å². The Hall–Kier alpha value is -6.90. The summed E-state index contributed by atoms with van der Waals surface area (Å²) in [6.45, 7) is 0. The van der Waals surface area contributed by atoms with Gasteiger partial charge < -0.3 is 9.32 Å². The Labute approximate surface area is 302 Å². The molecule has 0 fully saturated rings. The van der Waals surface area contributed by atoms with Gasteiger partial charge in [0.2, 0.25) is 0 Å². The van der Waals surface area contributed by atoms with Crippen LogP contribution in [0.3, 0.4) is 0 Å². The lowest BCUT2D eigenvalue weighted by atomic mass is 9.96. The molecular weight excluding hydrogens is 631 g/mol. The van der Waals surface area contributed by atoms with Crippen molar-refractivity contribution >= 4 is 60.3 Å². The highest BCUT2D eigenvalue weighted by Crippen LogP contribution is 2.44. The Morgan fingerprint density at radius 3 is 1.69 bits per heavy atom. The minimum atomic E-state index is 0.844. The van der Waals surface area contributed by atoms with Crippen LogP contribution < -0.4 is 4.90 Å². The maximum atomic E-state index is 6.45. The molecule has 0 bridgehead atoms. The summed E-state index contributed by atoms with van der Waals surface area (Å²) < 4.78 is 6.45. The molecular formula is C50H33NO. The number of benzene rings is 9. The van der Waals surface area contributed by atoms with Gasteiger partial charge in [-0.3, -0.25) is 0 Å². The number of rotatable bonds is 6. The summed E-state index contributed by atoms with van der Waals surface area (Å²) in [4.78, 5) is 2.35. The van der Waals surface area contributed by atoms with E-state index in [-0.39, 0.29) is 0 Å². The number of anilines is 3. The third-order valence-electron chi connectivity index (χ3n) is 10.3. The van der Waals surface area contributed by atoms with Gasteiger partial charge in [-0.2, -0.15) is 0 Å². The minimum Gasteiger partial charge on any atom is -0.456 e. The molecule has 0 N–H and O–H groups in total. The second kappa shape index (κ2) is 12.5. The van der Waals surface area contributed by atoms with Crippen LogP contribution >= 0.6 is 0 Å². The Morgan fingerprint density at radius 2 is 0.885 bits per heavy atom. The minimum absolute atomic E-state index is 0.844. The quantitative estimate of drug-likeness (QED) is 0.165. The second-order valence-corrected chi connectivity index (χ2v) is 13.3. The molecule has 10 aromatic rings. The number of hydrogen-bond acceptors (Lipinski definition) is 2. The van der Waals surface area contributed by atoms with Crippen molar-refractivity contribution in [1.82, 2.24) is 0 Å². The van der Waals surface area contributed by atoms with Crippen molar-refractivity contribution < 1.29 is 4.42 Å². The predicted octanol–water partition coefficient (Wildman–Crippen LogP) is 14.4. The van der Waals surface area contributed by atoms with Crippen LogP contribution in [0.1, 0.15) is 0 Å². The number of fused-ring (bicyclic) bond motifs is 5. The lowest BCUT2D eigenvalue weighted by Gasteiger charge is -2.28. The standard InChI is InChI=1S/C50H33NO/c1-4-14-43-36(10-1)13-9-17-45(43)38-22-20-34(21-23-38)35-26-28-41(29-27-35)51(42-30-31-46-39(32-42)25-24-37-11-2-5-15-44(37)46)48-18-7-6-16-47(48)50-33-40-12-3-8-19-49(40)52-50/h1-33H. The van der Waals surface area contributed by atoms with Gasteiger partial charge in [-0.05, 0) is 103 Å². The highest BCUT2D eigenvalue weighted by Gasteiger charge is 2.20. The lowest BCUT2D eigenvalue weighted by Crippen LogP contribution is -2.11. The molecule has 0 aliphatic heterocycles. The smallest absolute Gasteiger partial charge is 0.137 e. The van der Waals surface area contributed by atoms with Crippen LogP contribution in [0.2, 0.25) is 0 Å². The molecule has 2 nitrogen and oxygen atoms in total. The van der Waals surface area contributed by atoms with E-state index in [2.05, 4.69) is 193 Å². The van der Waals surface area contributed by atoms with Gasteiger partial charge in [-0.25, -0.2) is 0 Å². The highest BCUT2D eigenvalue weighted by atomic mass is 16.3. The number of para-hydroxylation sites is 2. The summed E-state index contributed by atoms with van der Waals surface area (Å²) in [6.07, 6.45) is 0. The fourth-order valence-corrected chi connectivity index (χ4v) is 7.68. The predicted molar refractivity (Wildman–Crippen MR) is 220 cm³/mol. The first-order chi connectivity index (χ1) is 25.8. The average molecular weight is 664 g/mol. The van der Waals surface area contributed by atoms with Crippen LogP contribution in [0.4, 0.5) is 17.1 Å². The summed E-state index contributed by atoms with van der Waals surface area (Å²) >= 11 is 0. The molecule has 1 aromatic heterocycles. The molecule has 1 heterocycles. The van der Waals surface area contributed by atoms with Gasteiger partial charge in [-0.1, -0.05) is 152 Å². The summed E-state index contributed by atoms with van der Waals surface area (Å²) in [5.41, 5.74) is 9.94. The zero-order chi connectivity index (χ0) is 34.4. The van der Waals surface area contributed by atoms with E-state index in [1.54, 1.807) is 0 Å². The molecule has 0 saturated carbocycles. The van der Waals surface area contributed by atoms with E-state index in [4.69, 9.17) is 4.42 Å². The second-order valence-electron chi connectivity index (χ2n) is 13.3. The van der Waals surface area contributed by atoms with Crippen LogP contribution in [0.5, 0.6) is 0 Å². The molecule has 2 heteroatoms. The van der Waals surface area contributed by atoms with Crippen LogP contribution in [0, 0.1) is 0 Å². The number of hydrogen-bond donors (Lipinski definition) is 0. The van der Waals surface area contributed by atoms with Crippen molar-refractivity contribution in [2.24, 2.45) is 0 Å². The molecule has 0 amide bonds. The molecule has 9 aromatic carbocycles. The van der Waals surface area contributed by atoms with Crippen molar-refractivity contribution in [1.29, 1.82) is 0 Å². The first kappa shape index (κ1) is 30.0. The number of furan rings is 1. The summed E-state index contributed by atoms with van der Waals surface area (Å²) in [5, 5.41) is 8.57. The zero-order valence-electron chi connectivity index (χ0n) is 28.4. The van der Waals surface area contributed by atoms with Gasteiger partial charge in [0.05, 0.1) is 5.69 Å². The SMILES string of the molecule is c1ccc(N(c2ccc(-c3ccc(-c4cccc5ccccc45)cc3)cc2)c2ccc3c(ccc4ccccc43)c2)c(-c2cc3ccccc3o2)c1. The average Bonchev–Trinajstić information content (AvgIpc) is 3.66. The summed E-state index contributed by atoms with van der Waals surface area (Å²) in [6, 6.07) is 71.7. The van der Waals surface area contributed by atoms with Gasteiger partial charge in [0.1, 0.15) is 11.3 Å². The van der Waals surface area contributed by atoms with E-state index in [1.165, 1.54) is 54.6 Å². The van der Waals surface area contributed by atoms with Gasteiger partial charge in [0, 0.05) is 22.3 Å². The fraction of sp³-hybridized carbons (Fsp3) is 0. The Kier molecular flexibility index (Phi) is 7.18. The van der Waals surface area contributed by atoms with E-state index in [1.807, 2.05) is 12.1 Å². The van der Waals surface area contributed by atoms with E-state index >= 15 is 0 Å². The Balaban J connectivity index is 1.07. The third-order valence-corrected chi connectivity index (χ3v) is 10.3. The Bertz CT molecular complexity index is 2860. The van der Waals surface area contributed by atoms with E-state index < -0.39 is 0 Å². The van der Waals surface area contributed by atoms with Crippen molar-refractivity contribution in [2.75, 3.05) is 4.90 Å². The third kappa shape index (κ3) is 5.21. The van der Waals surface area contributed by atoms with Gasteiger partial charge in [0.15, 0.2) is 0 Å². The molecule has 52 heavy (non-hydrogen) atoms. The zero-order valence-corrected chi connectivity index (χ0v) is 28.4. The fourth-order valence-electron chi connectivity index (χ4n) is 7.68. The van der Waals surface area contributed by atoms with Crippen LogP contribution in [-0.2, 0) is 0 Å². The monoisotopic (exact) mass is 663 g/mol. The maximum absolute atomic E-state index is 6.45. The maximum Gasteiger partial charge on any atom is 0.137 e. The topological polar surface area (TPSA) is 16.4 Å². The van der Waals surface area contributed by atoms with Crippen LogP contribution in [0.25, 0.3) is 76.9 Å². The first-order valence-corrected chi connectivity index (χ1v) is 17.8. The molecule has 0 saturated heterocycles. The van der Waals surface area contributed by atoms with E-state index in [0.717, 1.165) is 39.4 Å². The van der Waals surface area contributed by atoms with Gasteiger partial charge >= 0.3 is 0 Å². The van der Waals surface area contributed by atoms with Crippen molar-refractivity contribution in [3.05, 3.63) is 200 Å². The molecule has 10 rings (SSSR count). The van der Waals surface area contributed by atoms with E-state index in [9.17, 15) is 0 Å². The lowest BCUT2D eigenvalue weighted by molar-refractivity contribution is 0.631.